The highest BCUT2D eigenvalue weighted by molar-refractivity contribution is 5.87. The monoisotopic (exact) mass is 226 g/mol. The summed E-state index contributed by atoms with van der Waals surface area (Å²) in [5.41, 5.74) is -0.491. The topological polar surface area (TPSA) is 78.4 Å². The first-order valence-electron chi connectivity index (χ1n) is 5.35. The van der Waals surface area contributed by atoms with E-state index >= 15 is 0 Å². The fourth-order valence-electron chi connectivity index (χ4n) is 1.73. The highest BCUT2D eigenvalue weighted by Gasteiger charge is 2.37. The zero-order valence-corrected chi connectivity index (χ0v) is 9.45. The van der Waals surface area contributed by atoms with Crippen LogP contribution in [0, 0.1) is 5.41 Å². The van der Waals surface area contributed by atoms with E-state index in [1.165, 1.54) is 6.08 Å². The summed E-state index contributed by atoms with van der Waals surface area (Å²) in [4.78, 5) is 22.8. The van der Waals surface area contributed by atoms with Gasteiger partial charge >= 0.3 is 5.97 Å². The first-order chi connectivity index (χ1) is 7.49. The van der Waals surface area contributed by atoms with E-state index in [0.29, 0.717) is 6.54 Å². The number of carboxylic acids is 1. The van der Waals surface area contributed by atoms with Crippen molar-refractivity contribution in [2.24, 2.45) is 5.41 Å². The van der Waals surface area contributed by atoms with Crippen molar-refractivity contribution >= 4 is 11.9 Å². The molecule has 1 saturated heterocycles. The molecule has 0 aromatic rings. The molecule has 1 rings (SSSR count). The number of carbonyl (C=O) groups excluding carboxylic acids is 1. The molecule has 0 spiro atoms. The van der Waals surface area contributed by atoms with Gasteiger partial charge in [0.25, 0.3) is 0 Å². The van der Waals surface area contributed by atoms with Gasteiger partial charge < -0.3 is 15.7 Å². The van der Waals surface area contributed by atoms with Gasteiger partial charge in [-0.3, -0.25) is 4.79 Å². The van der Waals surface area contributed by atoms with Gasteiger partial charge in [-0.25, -0.2) is 4.79 Å². The van der Waals surface area contributed by atoms with E-state index in [2.05, 4.69) is 17.2 Å². The number of aliphatic carboxylic acids is 1. The molecule has 0 aromatic heterocycles. The molecule has 1 heterocycles. The van der Waals surface area contributed by atoms with Gasteiger partial charge in [-0.2, -0.15) is 0 Å². The van der Waals surface area contributed by atoms with E-state index in [0.717, 1.165) is 13.0 Å². The maximum Gasteiger partial charge on any atom is 0.326 e. The van der Waals surface area contributed by atoms with E-state index in [1.807, 2.05) is 6.92 Å². The molecule has 1 aliphatic heterocycles. The largest absolute Gasteiger partial charge is 0.480 e. The molecule has 1 amide bonds. The molecular weight excluding hydrogens is 208 g/mol. The number of hydrogen-bond acceptors (Lipinski definition) is 3. The molecule has 5 nitrogen and oxygen atoms in total. The minimum atomic E-state index is -1.03. The van der Waals surface area contributed by atoms with Crippen LogP contribution >= 0.6 is 0 Å². The number of nitrogens with one attached hydrogen (secondary N) is 2. The SMILES string of the molecule is C=CCC(NC(=O)C1(C)CCNC1)C(=O)O. The van der Waals surface area contributed by atoms with Gasteiger partial charge in [0.1, 0.15) is 6.04 Å². The average Bonchev–Trinajstić information content (AvgIpc) is 2.65. The Morgan fingerprint density at radius 2 is 2.38 bits per heavy atom. The molecule has 1 fully saturated rings. The zero-order chi connectivity index (χ0) is 12.2. The molecule has 0 radical (unpaired) electrons. The predicted molar refractivity (Wildman–Crippen MR) is 60.0 cm³/mol. The molecule has 3 N–H and O–H groups in total. The average molecular weight is 226 g/mol. The number of carboxylic acid groups (broad SMARTS) is 1. The zero-order valence-electron chi connectivity index (χ0n) is 9.45. The van der Waals surface area contributed by atoms with Gasteiger partial charge in [-0.1, -0.05) is 6.08 Å². The molecule has 0 saturated carbocycles. The molecule has 2 unspecified atom stereocenters. The van der Waals surface area contributed by atoms with Crippen molar-refractivity contribution in [2.75, 3.05) is 13.1 Å². The van der Waals surface area contributed by atoms with Crippen molar-refractivity contribution in [3.05, 3.63) is 12.7 Å². The number of carbonyl (C=O) groups is 2. The highest BCUT2D eigenvalue weighted by Crippen LogP contribution is 2.24. The standard InChI is InChI=1S/C11H18N2O3/c1-3-4-8(9(14)15)13-10(16)11(2)5-6-12-7-11/h3,8,12H,1,4-7H2,2H3,(H,13,16)(H,14,15). The molecule has 5 heteroatoms. The lowest BCUT2D eigenvalue weighted by molar-refractivity contribution is -0.143. The molecule has 16 heavy (non-hydrogen) atoms. The van der Waals surface area contributed by atoms with E-state index < -0.39 is 17.4 Å². The molecule has 90 valence electrons. The first-order valence-corrected chi connectivity index (χ1v) is 5.35. The van der Waals surface area contributed by atoms with E-state index in [9.17, 15) is 9.59 Å². The molecule has 1 aliphatic rings. The fraction of sp³-hybridized carbons (Fsp3) is 0.636. The Balaban J connectivity index is 2.60. The van der Waals surface area contributed by atoms with Gasteiger partial charge in [-0.05, 0) is 26.3 Å². The van der Waals surface area contributed by atoms with Crippen molar-refractivity contribution < 1.29 is 14.7 Å². The van der Waals surface area contributed by atoms with Gasteiger partial charge in [0, 0.05) is 6.54 Å². The molecule has 0 aromatic carbocycles. The highest BCUT2D eigenvalue weighted by atomic mass is 16.4. The Hall–Kier alpha value is -1.36. The summed E-state index contributed by atoms with van der Waals surface area (Å²) in [7, 11) is 0. The van der Waals surface area contributed by atoms with Gasteiger partial charge in [0.15, 0.2) is 0 Å². The molecular formula is C11H18N2O3. The van der Waals surface area contributed by atoms with Crippen molar-refractivity contribution in [2.45, 2.75) is 25.8 Å². The summed E-state index contributed by atoms with van der Waals surface area (Å²) < 4.78 is 0. The maximum absolute atomic E-state index is 11.9. The molecule has 0 aliphatic carbocycles. The van der Waals surface area contributed by atoms with Crippen LogP contribution in [-0.4, -0.2) is 36.1 Å². The van der Waals surface area contributed by atoms with Crippen molar-refractivity contribution in [3.63, 3.8) is 0 Å². The maximum atomic E-state index is 11.9. The summed E-state index contributed by atoms with van der Waals surface area (Å²) in [6, 6.07) is -0.873. The smallest absolute Gasteiger partial charge is 0.326 e. The number of amides is 1. The summed E-state index contributed by atoms with van der Waals surface area (Å²) in [5.74, 6) is -1.23. The summed E-state index contributed by atoms with van der Waals surface area (Å²) >= 11 is 0. The second kappa shape index (κ2) is 5.12. The van der Waals surface area contributed by atoms with Crippen molar-refractivity contribution in [1.29, 1.82) is 0 Å². The fourth-order valence-corrected chi connectivity index (χ4v) is 1.73. The third-order valence-electron chi connectivity index (χ3n) is 2.92. The Labute approximate surface area is 94.9 Å². The van der Waals surface area contributed by atoms with Crippen molar-refractivity contribution in [1.82, 2.24) is 10.6 Å². The van der Waals surface area contributed by atoms with Crippen LogP contribution in [0.5, 0.6) is 0 Å². The van der Waals surface area contributed by atoms with Crippen LogP contribution in [0.2, 0.25) is 0 Å². The van der Waals surface area contributed by atoms with Crippen LogP contribution in [0.1, 0.15) is 19.8 Å². The summed E-state index contributed by atoms with van der Waals surface area (Å²) in [6.07, 6.45) is 2.47. The predicted octanol–water partition coefficient (Wildman–Crippen LogP) is 0.132. The van der Waals surface area contributed by atoms with Crippen LogP contribution in [-0.2, 0) is 9.59 Å². The lowest BCUT2D eigenvalue weighted by Gasteiger charge is -2.24. The minimum absolute atomic E-state index is 0.202. The van der Waals surface area contributed by atoms with E-state index in [1.54, 1.807) is 0 Å². The third kappa shape index (κ3) is 2.82. The normalized spacial score (nSPS) is 26.1. The molecule has 0 bridgehead atoms. The van der Waals surface area contributed by atoms with Gasteiger partial charge in [0.2, 0.25) is 5.91 Å². The third-order valence-corrected chi connectivity index (χ3v) is 2.92. The van der Waals surface area contributed by atoms with Crippen LogP contribution < -0.4 is 10.6 Å². The minimum Gasteiger partial charge on any atom is -0.480 e. The summed E-state index contributed by atoms with van der Waals surface area (Å²) in [5, 5.41) is 14.6. The Morgan fingerprint density at radius 1 is 1.69 bits per heavy atom. The van der Waals surface area contributed by atoms with Crippen LogP contribution in [0.15, 0.2) is 12.7 Å². The Bertz CT molecular complexity index is 296. The van der Waals surface area contributed by atoms with Crippen LogP contribution in [0.3, 0.4) is 0 Å². The van der Waals surface area contributed by atoms with Crippen LogP contribution in [0.25, 0.3) is 0 Å². The number of rotatable bonds is 5. The van der Waals surface area contributed by atoms with Crippen LogP contribution in [0.4, 0.5) is 0 Å². The number of hydrogen-bond donors (Lipinski definition) is 3. The quantitative estimate of drug-likeness (QED) is 0.582. The molecule has 2 atom stereocenters. The summed E-state index contributed by atoms with van der Waals surface area (Å²) in [6.45, 7) is 6.71. The first kappa shape index (κ1) is 12.7. The van der Waals surface area contributed by atoms with Crippen molar-refractivity contribution in [3.8, 4) is 0 Å². The lowest BCUT2D eigenvalue weighted by atomic mass is 9.88. The van der Waals surface area contributed by atoms with E-state index in [-0.39, 0.29) is 12.3 Å². The van der Waals surface area contributed by atoms with Gasteiger partial charge in [-0.15, -0.1) is 6.58 Å². The second-order valence-corrected chi connectivity index (χ2v) is 4.38. The van der Waals surface area contributed by atoms with E-state index in [4.69, 9.17) is 5.11 Å². The Kier molecular flexibility index (Phi) is 4.06. The second-order valence-electron chi connectivity index (χ2n) is 4.38. The van der Waals surface area contributed by atoms with Gasteiger partial charge in [0.05, 0.1) is 5.41 Å². The lowest BCUT2D eigenvalue weighted by Crippen LogP contribution is -2.48. The Morgan fingerprint density at radius 3 is 2.81 bits per heavy atom.